The van der Waals surface area contributed by atoms with Crippen molar-refractivity contribution in [1.29, 1.82) is 0 Å². The number of benzene rings is 4. The van der Waals surface area contributed by atoms with Crippen molar-refractivity contribution < 1.29 is 37.1 Å². The highest BCUT2D eigenvalue weighted by Gasteiger charge is 2.41. The minimum absolute atomic E-state index is 0.0874. The summed E-state index contributed by atoms with van der Waals surface area (Å²) in [5.41, 5.74) is 5.20. The molecule has 0 spiro atoms. The number of hydrogen-bond acceptors (Lipinski definition) is 11. The minimum atomic E-state index is -4.27. The smallest absolute Gasteiger partial charge is 0.328 e. The molecule has 6 aromatic rings. The first-order chi connectivity index (χ1) is 35.3. The van der Waals surface area contributed by atoms with Gasteiger partial charge in [0, 0.05) is 57.8 Å². The number of anilines is 1. The minimum Gasteiger partial charge on any atom is -0.493 e. The first-order valence-corrected chi connectivity index (χ1v) is 27.6. The van der Waals surface area contributed by atoms with Crippen molar-refractivity contribution in [2.24, 2.45) is 19.5 Å². The van der Waals surface area contributed by atoms with Crippen molar-refractivity contribution >= 4 is 61.7 Å². The summed E-state index contributed by atoms with van der Waals surface area (Å²) in [6, 6.07) is 22.5. The number of unbranched alkanes of at least 4 members (excludes halogenated alkanes) is 4. The van der Waals surface area contributed by atoms with Crippen LogP contribution in [0.1, 0.15) is 107 Å². The summed E-state index contributed by atoms with van der Waals surface area (Å²) >= 11 is 1.59. The lowest BCUT2D eigenvalue weighted by molar-refractivity contribution is -0.143. The molecule has 0 saturated carbocycles. The number of thiazole rings is 1. The van der Waals surface area contributed by atoms with Gasteiger partial charge in [0.25, 0.3) is 15.9 Å². The lowest BCUT2D eigenvalue weighted by Crippen LogP contribution is -2.57. The van der Waals surface area contributed by atoms with Crippen molar-refractivity contribution in [3.05, 3.63) is 118 Å². The predicted molar refractivity (Wildman–Crippen MR) is 288 cm³/mol. The second-order valence-electron chi connectivity index (χ2n) is 19.8. The molecule has 0 bridgehead atoms. The summed E-state index contributed by atoms with van der Waals surface area (Å²) in [4.78, 5) is 73.8. The zero-order valence-corrected chi connectivity index (χ0v) is 44.9. The summed E-state index contributed by atoms with van der Waals surface area (Å²) in [6.07, 6.45) is 5.96. The highest BCUT2D eigenvalue weighted by Crippen LogP contribution is 2.36. The molecular formula is C55H68N8O9S2. The van der Waals surface area contributed by atoms with E-state index in [1.165, 1.54) is 27.3 Å². The largest absolute Gasteiger partial charge is 0.493 e. The van der Waals surface area contributed by atoms with Crippen LogP contribution in [-0.2, 0) is 45.0 Å². The summed E-state index contributed by atoms with van der Waals surface area (Å²) < 4.78 is 45.3. The number of nitrogens with one attached hydrogen (secondary N) is 4. The molecule has 3 heterocycles. The molecule has 2 aromatic heterocycles. The molecule has 2 atom stereocenters. The number of sulfonamides is 1. The van der Waals surface area contributed by atoms with Crippen LogP contribution < -0.4 is 35.8 Å². The van der Waals surface area contributed by atoms with Crippen LogP contribution in [0, 0.1) is 12.3 Å². The molecule has 74 heavy (non-hydrogen) atoms. The fraction of sp³-hybridized carbons (Fsp3) is 0.418. The molecule has 394 valence electrons. The number of carbonyl (C=O) groups excluding carboxylic acids is 4. The van der Waals surface area contributed by atoms with E-state index in [0.29, 0.717) is 74.5 Å². The van der Waals surface area contributed by atoms with Crippen LogP contribution in [-0.4, -0.2) is 82.8 Å². The van der Waals surface area contributed by atoms with Gasteiger partial charge < -0.3 is 30.3 Å². The number of rotatable bonds is 23. The van der Waals surface area contributed by atoms with Crippen LogP contribution in [0.25, 0.3) is 21.5 Å². The number of amides is 4. The number of nitrogens with zero attached hydrogens (tertiary/aromatic N) is 4. The van der Waals surface area contributed by atoms with E-state index in [9.17, 15) is 32.4 Å². The molecule has 0 radical (unpaired) electrons. The van der Waals surface area contributed by atoms with Crippen molar-refractivity contribution in [3.63, 3.8) is 0 Å². The number of imidazole rings is 1. The number of carbonyl (C=O) groups is 4. The lowest BCUT2D eigenvalue weighted by atomic mass is 9.85. The van der Waals surface area contributed by atoms with Gasteiger partial charge in [-0.05, 0) is 92.0 Å². The summed E-state index contributed by atoms with van der Waals surface area (Å²) in [5, 5.41) is 8.89. The fourth-order valence-electron chi connectivity index (χ4n) is 8.93. The first kappa shape index (κ1) is 54.8. The van der Waals surface area contributed by atoms with Gasteiger partial charge in [-0.25, -0.2) is 18.2 Å². The van der Waals surface area contributed by atoms with Gasteiger partial charge in [-0.1, -0.05) is 83.4 Å². The number of likely N-dealkylation sites (tertiary alicyclic amines) is 1. The average molecular weight is 1050 g/mol. The van der Waals surface area contributed by atoms with Gasteiger partial charge in [0.2, 0.25) is 17.7 Å². The maximum atomic E-state index is 14.0. The third-order valence-corrected chi connectivity index (χ3v) is 15.4. The molecule has 7 rings (SSSR count). The van der Waals surface area contributed by atoms with E-state index < -0.39 is 33.4 Å². The molecule has 4 N–H and O–H groups in total. The number of aromatic nitrogens is 3. The Bertz CT molecular complexity index is 3140. The molecule has 19 heteroatoms. The third kappa shape index (κ3) is 13.6. The Morgan fingerprint density at radius 2 is 1.57 bits per heavy atom. The van der Waals surface area contributed by atoms with Crippen LogP contribution in [0.2, 0.25) is 0 Å². The standard InChI is InChI=1S/C55H68N8O9S2/c1-8-29-71-40-18-15-19-41(31-40)72-47-33-46-45(61(6)54(68)62(46)7)32-43(47)60-74(69,70)42-20-14-17-39(30-42)51(65)56-27-13-11-9-10-12-22-48(64)59-50(55(3,4)5)53(67)63-28-16-21-44(63)52(66)57-34-37-23-25-38(26-24-37)49-36(2)58-35-73-49/h14-15,17-20,23-26,30-33,35,44,50,60H,8-13,16,21-22,27-29,34H2,1-7H3,(H,56,65)(H,57,66)(H,59,64)/t44-,50?/m0/s1. The molecule has 1 aliphatic rings. The van der Waals surface area contributed by atoms with E-state index >= 15 is 0 Å². The summed E-state index contributed by atoms with van der Waals surface area (Å²) in [5.74, 6) is 0.0161. The van der Waals surface area contributed by atoms with Crippen molar-refractivity contribution in [2.75, 3.05) is 24.4 Å². The molecule has 1 aliphatic heterocycles. The molecule has 4 aromatic carbocycles. The first-order valence-electron chi connectivity index (χ1n) is 25.2. The van der Waals surface area contributed by atoms with Crippen molar-refractivity contribution in [3.8, 4) is 27.7 Å². The van der Waals surface area contributed by atoms with Crippen LogP contribution in [0.15, 0.2) is 100 Å². The van der Waals surface area contributed by atoms with E-state index in [0.717, 1.165) is 47.4 Å². The number of ether oxygens (including phenoxy) is 2. The Morgan fingerprint density at radius 1 is 0.865 bits per heavy atom. The highest BCUT2D eigenvalue weighted by atomic mass is 32.2. The molecule has 1 unspecified atom stereocenters. The van der Waals surface area contributed by atoms with Gasteiger partial charge in [-0.3, -0.25) is 33.0 Å². The Morgan fingerprint density at radius 3 is 2.28 bits per heavy atom. The van der Waals surface area contributed by atoms with Gasteiger partial charge >= 0.3 is 5.69 Å². The van der Waals surface area contributed by atoms with Gasteiger partial charge in [0.15, 0.2) is 5.75 Å². The molecule has 17 nitrogen and oxygen atoms in total. The van der Waals surface area contributed by atoms with Crippen LogP contribution in [0.4, 0.5) is 5.69 Å². The molecule has 1 fully saturated rings. The Hall–Kier alpha value is -6.99. The highest BCUT2D eigenvalue weighted by molar-refractivity contribution is 7.92. The van der Waals surface area contributed by atoms with Crippen LogP contribution in [0.3, 0.4) is 0 Å². The van der Waals surface area contributed by atoms with Gasteiger partial charge in [0.05, 0.1) is 44.3 Å². The zero-order valence-electron chi connectivity index (χ0n) is 43.3. The maximum Gasteiger partial charge on any atom is 0.328 e. The van der Waals surface area contributed by atoms with Gasteiger partial charge in [0.1, 0.15) is 23.6 Å². The van der Waals surface area contributed by atoms with E-state index in [-0.39, 0.29) is 51.7 Å². The number of fused-ring (bicyclic) bond motifs is 1. The van der Waals surface area contributed by atoms with Crippen LogP contribution in [0.5, 0.6) is 17.2 Å². The van der Waals surface area contributed by atoms with Crippen molar-refractivity contribution in [2.45, 2.75) is 116 Å². The fourth-order valence-corrected chi connectivity index (χ4v) is 10.8. The Kier molecular flexibility index (Phi) is 18.0. The second kappa shape index (κ2) is 24.4. The Labute approximate surface area is 437 Å². The van der Waals surface area contributed by atoms with E-state index in [4.69, 9.17) is 9.47 Å². The number of hydrogen-bond donors (Lipinski definition) is 4. The van der Waals surface area contributed by atoms with Gasteiger partial charge in [-0.15, -0.1) is 11.3 Å². The molecule has 0 aliphatic carbocycles. The van der Waals surface area contributed by atoms with Gasteiger partial charge in [-0.2, -0.15) is 0 Å². The maximum absolute atomic E-state index is 14.0. The topological polar surface area (TPSA) is 212 Å². The SMILES string of the molecule is CCCOc1cccc(Oc2cc3c(cc2NS(=O)(=O)c2cccc(C(=O)NCCCCCCCC(=O)NC(C(=O)N4CCC[C@H]4C(=O)NCc4ccc(-c5scnc5C)cc4)C(C)(C)C)c2)n(C)c(=O)n3C)c1. The van der Waals surface area contributed by atoms with E-state index in [1.54, 1.807) is 72.8 Å². The molecule has 4 amide bonds. The average Bonchev–Trinajstić information content (AvgIpc) is 4.10. The molecule has 1 saturated heterocycles. The third-order valence-electron chi connectivity index (χ3n) is 13.1. The summed E-state index contributed by atoms with van der Waals surface area (Å²) in [7, 11) is -1.05. The van der Waals surface area contributed by atoms with E-state index in [1.807, 2.05) is 64.4 Å². The van der Waals surface area contributed by atoms with Crippen molar-refractivity contribution in [1.82, 2.24) is 35.0 Å². The Balaban J connectivity index is 0.853. The van der Waals surface area contributed by atoms with Crippen LogP contribution >= 0.6 is 11.3 Å². The monoisotopic (exact) mass is 1050 g/mol. The quantitative estimate of drug-likeness (QED) is 0.0449. The molecular weight excluding hydrogens is 981 g/mol. The summed E-state index contributed by atoms with van der Waals surface area (Å²) in [6.45, 7) is 11.4. The second-order valence-corrected chi connectivity index (χ2v) is 22.3. The number of aryl methyl sites for hydroxylation is 3. The van der Waals surface area contributed by atoms with E-state index in [2.05, 4.69) is 25.7 Å². The predicted octanol–water partition coefficient (Wildman–Crippen LogP) is 8.60. The normalized spacial score (nSPS) is 14.1. The zero-order chi connectivity index (χ0) is 53.2. The lowest BCUT2D eigenvalue weighted by Gasteiger charge is -2.35.